The smallest absolute Gasteiger partial charge is 0.00556 e. The topological polar surface area (TPSA) is 3.24 Å². The molecule has 0 heterocycles. The monoisotopic (exact) mass is 157 g/mol. The van der Waals surface area contributed by atoms with Crippen molar-refractivity contribution in [3.05, 3.63) is 24.9 Å². The van der Waals surface area contributed by atoms with Crippen molar-refractivity contribution in [3.63, 3.8) is 0 Å². The molecule has 0 spiro atoms. The van der Waals surface area contributed by atoms with E-state index in [2.05, 4.69) is 6.58 Å². The second kappa shape index (κ2) is 22.8. The van der Waals surface area contributed by atoms with Crippen LogP contribution in [0, 0.1) is 0 Å². The maximum absolute atomic E-state index is 3.52. The molecule has 0 fully saturated rings. The van der Waals surface area contributed by atoms with Gasteiger partial charge >= 0.3 is 0 Å². The minimum Gasteiger partial charge on any atom is -0.383 e. The minimum absolute atomic E-state index is 1.75. The van der Waals surface area contributed by atoms with Gasteiger partial charge in [0.1, 0.15) is 0 Å². The van der Waals surface area contributed by atoms with E-state index in [1.807, 2.05) is 59.0 Å². The van der Waals surface area contributed by atoms with E-state index in [-0.39, 0.29) is 0 Å². The Morgan fingerprint density at radius 3 is 1.45 bits per heavy atom. The molecule has 0 unspecified atom stereocenters. The molecule has 11 heavy (non-hydrogen) atoms. The molecule has 0 aromatic rings. The fourth-order valence-electron chi connectivity index (χ4n) is 0.233. The molecule has 0 radical (unpaired) electrons. The molecule has 0 saturated carbocycles. The van der Waals surface area contributed by atoms with Crippen LogP contribution in [0.25, 0.3) is 0 Å². The fraction of sp³-hybridized carbons (Fsp3) is 0.600. The predicted molar refractivity (Wildman–Crippen MR) is 55.7 cm³/mol. The molecule has 0 saturated heterocycles. The van der Waals surface area contributed by atoms with Gasteiger partial charge in [0, 0.05) is 14.1 Å². The van der Waals surface area contributed by atoms with E-state index >= 15 is 0 Å². The quantitative estimate of drug-likeness (QED) is 0.556. The summed E-state index contributed by atoms with van der Waals surface area (Å²) in [7, 11) is 3.94. The zero-order valence-corrected chi connectivity index (χ0v) is 8.89. The predicted octanol–water partition coefficient (Wildman–Crippen LogP) is 3.30. The summed E-state index contributed by atoms with van der Waals surface area (Å²) in [6.07, 6.45) is 5.58. The Kier molecular flexibility index (Phi) is 34.7. The summed E-state index contributed by atoms with van der Waals surface area (Å²) >= 11 is 0. The van der Waals surface area contributed by atoms with Gasteiger partial charge in [0.2, 0.25) is 0 Å². The lowest BCUT2D eigenvalue weighted by Gasteiger charge is -2.00. The highest BCUT2D eigenvalue weighted by atomic mass is 15.0. The van der Waals surface area contributed by atoms with E-state index in [0.29, 0.717) is 0 Å². The Morgan fingerprint density at radius 2 is 1.36 bits per heavy atom. The van der Waals surface area contributed by atoms with E-state index in [0.717, 1.165) is 0 Å². The third-order valence-electron chi connectivity index (χ3n) is 0.520. The second-order valence-electron chi connectivity index (χ2n) is 1.54. The summed E-state index contributed by atoms with van der Waals surface area (Å²) in [5.74, 6) is 0. The molecule has 0 rings (SSSR count). The van der Waals surface area contributed by atoms with Crippen molar-refractivity contribution < 1.29 is 0 Å². The summed E-state index contributed by atoms with van der Waals surface area (Å²) in [5.41, 5.74) is 0. The van der Waals surface area contributed by atoms with Gasteiger partial charge in [-0.3, -0.25) is 0 Å². The van der Waals surface area contributed by atoms with Crippen LogP contribution in [0.5, 0.6) is 0 Å². The first kappa shape index (κ1) is 16.7. The van der Waals surface area contributed by atoms with Crippen LogP contribution in [0.15, 0.2) is 24.9 Å². The minimum atomic E-state index is 1.75. The van der Waals surface area contributed by atoms with Gasteiger partial charge in [-0.05, 0) is 12.3 Å². The highest BCUT2D eigenvalue weighted by Gasteiger charge is 1.67. The molecule has 1 nitrogen and oxygen atoms in total. The summed E-state index contributed by atoms with van der Waals surface area (Å²) in [4.78, 5) is 1.96. The maximum atomic E-state index is 3.52. The van der Waals surface area contributed by atoms with Crippen LogP contribution in [0.3, 0.4) is 0 Å². The van der Waals surface area contributed by atoms with Crippen LogP contribution < -0.4 is 0 Å². The van der Waals surface area contributed by atoms with Crippen molar-refractivity contribution in [1.82, 2.24) is 4.90 Å². The van der Waals surface area contributed by atoms with Crippen molar-refractivity contribution in [1.29, 1.82) is 0 Å². The van der Waals surface area contributed by atoms with E-state index in [1.54, 1.807) is 6.08 Å². The third-order valence-corrected chi connectivity index (χ3v) is 0.520. The Bertz CT molecular complexity index is 72.9. The summed E-state index contributed by atoms with van der Waals surface area (Å²) in [6.45, 7) is 11.5. The van der Waals surface area contributed by atoms with Gasteiger partial charge in [0.15, 0.2) is 0 Å². The lowest BCUT2D eigenvalue weighted by atomic mass is 10.6. The highest BCUT2D eigenvalue weighted by Crippen LogP contribution is 1.75. The first-order valence-corrected chi connectivity index (χ1v) is 4.23. The molecule has 0 amide bonds. The molecule has 0 aliphatic heterocycles. The highest BCUT2D eigenvalue weighted by molar-refractivity contribution is 4.95. The van der Waals surface area contributed by atoms with Crippen LogP contribution >= 0.6 is 0 Å². The average Bonchev–Trinajstić information content (AvgIpc) is 2.08. The first-order chi connectivity index (χ1) is 5.27. The van der Waals surface area contributed by atoms with Crippen LogP contribution in [0.2, 0.25) is 0 Å². The molecule has 0 atom stereocenters. The maximum Gasteiger partial charge on any atom is 0.00556 e. The first-order valence-electron chi connectivity index (χ1n) is 4.23. The van der Waals surface area contributed by atoms with Gasteiger partial charge in [-0.2, -0.15) is 0 Å². The van der Waals surface area contributed by atoms with Crippen LogP contribution in [0.1, 0.15) is 27.7 Å². The number of hydrogen-bond acceptors (Lipinski definition) is 1. The Balaban J connectivity index is -0.000000138. The van der Waals surface area contributed by atoms with Gasteiger partial charge < -0.3 is 4.90 Å². The van der Waals surface area contributed by atoms with E-state index in [4.69, 9.17) is 0 Å². The Hall–Kier alpha value is -0.720. The molecular formula is C10H23N. The number of allylic oxidation sites excluding steroid dienone is 2. The normalized spacial score (nSPS) is 7.09. The lowest BCUT2D eigenvalue weighted by molar-refractivity contribution is 0.564. The third kappa shape index (κ3) is 45.7. The molecule has 68 valence electrons. The van der Waals surface area contributed by atoms with E-state index in [9.17, 15) is 0 Å². The molecule has 1 heteroatoms. The van der Waals surface area contributed by atoms with Crippen LogP contribution in [-0.2, 0) is 0 Å². The molecule has 0 aliphatic rings. The Labute approximate surface area is 72.4 Å². The summed E-state index contributed by atoms with van der Waals surface area (Å²) in [5, 5.41) is 0. The molecular weight excluding hydrogens is 134 g/mol. The zero-order valence-electron chi connectivity index (χ0n) is 8.89. The van der Waals surface area contributed by atoms with Crippen molar-refractivity contribution in [3.8, 4) is 0 Å². The van der Waals surface area contributed by atoms with E-state index < -0.39 is 0 Å². The van der Waals surface area contributed by atoms with Crippen molar-refractivity contribution in [2.45, 2.75) is 27.7 Å². The second-order valence-corrected chi connectivity index (χ2v) is 1.54. The molecule has 0 bridgehead atoms. The van der Waals surface area contributed by atoms with E-state index in [1.165, 1.54) is 0 Å². The van der Waals surface area contributed by atoms with Crippen molar-refractivity contribution in [2.24, 2.45) is 0 Å². The molecule has 0 aromatic heterocycles. The number of hydrogen-bond donors (Lipinski definition) is 0. The van der Waals surface area contributed by atoms with Gasteiger partial charge in [-0.25, -0.2) is 0 Å². The SMILES string of the molecule is C=C/C=C\N(C)C.CC.CC. The molecule has 0 aromatic carbocycles. The average molecular weight is 157 g/mol. The fourth-order valence-corrected chi connectivity index (χ4v) is 0.233. The standard InChI is InChI=1S/C6H11N.2C2H6/c1-4-5-6-7(2)3;2*1-2/h4-6H,1H2,2-3H3;2*1-2H3/b6-5-;;. The van der Waals surface area contributed by atoms with Gasteiger partial charge in [-0.15, -0.1) is 0 Å². The van der Waals surface area contributed by atoms with Crippen molar-refractivity contribution >= 4 is 0 Å². The van der Waals surface area contributed by atoms with Gasteiger partial charge in [-0.1, -0.05) is 40.3 Å². The number of nitrogens with zero attached hydrogens (tertiary/aromatic N) is 1. The molecule has 0 aliphatic carbocycles. The summed E-state index contributed by atoms with van der Waals surface area (Å²) in [6, 6.07) is 0. The van der Waals surface area contributed by atoms with Crippen LogP contribution in [-0.4, -0.2) is 19.0 Å². The Morgan fingerprint density at radius 1 is 1.00 bits per heavy atom. The number of rotatable bonds is 2. The summed E-state index contributed by atoms with van der Waals surface area (Å²) < 4.78 is 0. The largest absolute Gasteiger partial charge is 0.383 e. The molecule has 0 N–H and O–H groups in total. The lowest BCUT2D eigenvalue weighted by Crippen LogP contribution is -1.99. The van der Waals surface area contributed by atoms with Crippen LogP contribution in [0.4, 0.5) is 0 Å². The van der Waals surface area contributed by atoms with Crippen molar-refractivity contribution in [2.75, 3.05) is 14.1 Å². The van der Waals surface area contributed by atoms with Gasteiger partial charge in [0.25, 0.3) is 0 Å². The zero-order chi connectivity index (χ0) is 9.70. The van der Waals surface area contributed by atoms with Gasteiger partial charge in [0.05, 0.1) is 0 Å².